The second-order valence-electron chi connectivity index (χ2n) is 6.61. The van der Waals surface area contributed by atoms with Crippen molar-refractivity contribution in [2.75, 3.05) is 5.32 Å². The Bertz CT molecular complexity index is 1290. The Morgan fingerprint density at radius 2 is 1.87 bits per heavy atom. The fourth-order valence-corrected chi connectivity index (χ4v) is 3.09. The Kier molecular flexibility index (Phi) is 5.50. The van der Waals surface area contributed by atoms with Crippen molar-refractivity contribution < 1.29 is 13.9 Å². The maximum absolute atomic E-state index is 12.5. The van der Waals surface area contributed by atoms with E-state index in [1.54, 1.807) is 79.7 Å². The van der Waals surface area contributed by atoms with Gasteiger partial charge in [0.25, 0.3) is 5.91 Å². The molecule has 0 aliphatic carbocycles. The van der Waals surface area contributed by atoms with Gasteiger partial charge < -0.3 is 14.5 Å². The average Bonchev–Trinajstić information content (AvgIpc) is 2.74. The SMILES string of the molecule is CC(Oc1cccc(Cl)c1)C(=O)Nc1cccc(-c2nc3ccccc3c(=O)o2)c1. The quantitative estimate of drug-likeness (QED) is 0.496. The molecule has 1 aromatic heterocycles. The maximum atomic E-state index is 12.5. The van der Waals surface area contributed by atoms with Gasteiger partial charge in [-0.3, -0.25) is 4.79 Å². The zero-order valence-corrected chi connectivity index (χ0v) is 16.7. The number of carbonyl (C=O) groups excluding carboxylic acids is 1. The Morgan fingerprint density at radius 3 is 2.70 bits per heavy atom. The number of carbonyl (C=O) groups is 1. The van der Waals surface area contributed by atoms with E-state index in [2.05, 4.69) is 10.3 Å². The summed E-state index contributed by atoms with van der Waals surface area (Å²) in [6, 6.07) is 20.7. The molecule has 0 aliphatic rings. The van der Waals surface area contributed by atoms with Crippen LogP contribution in [0, 0.1) is 0 Å². The molecule has 7 heteroatoms. The van der Waals surface area contributed by atoms with E-state index < -0.39 is 11.7 Å². The normalized spacial score (nSPS) is 11.8. The molecule has 1 unspecified atom stereocenters. The number of benzene rings is 3. The number of hydrogen-bond acceptors (Lipinski definition) is 5. The summed E-state index contributed by atoms with van der Waals surface area (Å²) in [5.41, 5.74) is 1.17. The first-order valence-corrected chi connectivity index (χ1v) is 9.61. The van der Waals surface area contributed by atoms with Gasteiger partial charge in [-0.1, -0.05) is 35.9 Å². The van der Waals surface area contributed by atoms with Crippen LogP contribution in [0.4, 0.5) is 5.69 Å². The Hall–Kier alpha value is -3.64. The van der Waals surface area contributed by atoms with Crippen molar-refractivity contribution in [3.05, 3.63) is 88.2 Å². The highest BCUT2D eigenvalue weighted by atomic mass is 35.5. The van der Waals surface area contributed by atoms with E-state index in [0.29, 0.717) is 32.9 Å². The molecule has 1 atom stereocenters. The molecule has 1 heterocycles. The lowest BCUT2D eigenvalue weighted by Crippen LogP contribution is -2.30. The minimum atomic E-state index is -0.746. The summed E-state index contributed by atoms with van der Waals surface area (Å²) in [6.45, 7) is 1.64. The van der Waals surface area contributed by atoms with Crippen LogP contribution in [0.5, 0.6) is 5.75 Å². The van der Waals surface area contributed by atoms with Gasteiger partial charge in [0, 0.05) is 16.3 Å². The first kappa shape index (κ1) is 19.7. The highest BCUT2D eigenvalue weighted by molar-refractivity contribution is 6.30. The number of amides is 1. The summed E-state index contributed by atoms with van der Waals surface area (Å²) < 4.78 is 11.0. The number of aromatic nitrogens is 1. The van der Waals surface area contributed by atoms with E-state index in [1.165, 1.54) is 0 Å². The number of hydrogen-bond donors (Lipinski definition) is 1. The summed E-state index contributed by atoms with van der Waals surface area (Å²) in [6.07, 6.45) is -0.746. The van der Waals surface area contributed by atoms with Gasteiger partial charge >= 0.3 is 5.63 Å². The zero-order valence-electron chi connectivity index (χ0n) is 16.0. The molecule has 3 aromatic carbocycles. The highest BCUT2D eigenvalue weighted by Crippen LogP contribution is 2.23. The smallest absolute Gasteiger partial charge is 0.347 e. The number of halogens is 1. The fourth-order valence-electron chi connectivity index (χ4n) is 2.91. The van der Waals surface area contributed by atoms with Gasteiger partial charge in [0.1, 0.15) is 5.75 Å². The molecule has 0 radical (unpaired) electrons. The van der Waals surface area contributed by atoms with Crippen molar-refractivity contribution in [3.8, 4) is 17.2 Å². The molecule has 4 rings (SSSR count). The molecule has 4 aromatic rings. The van der Waals surface area contributed by atoms with Crippen LogP contribution in [-0.4, -0.2) is 17.0 Å². The summed E-state index contributed by atoms with van der Waals surface area (Å²) in [5.74, 6) is 0.346. The van der Waals surface area contributed by atoms with Crippen LogP contribution in [0.2, 0.25) is 5.02 Å². The standard InChI is InChI=1S/C23H17ClN2O4/c1-14(29-18-9-5-7-16(24)13-18)21(27)25-17-8-4-6-15(12-17)22-26-20-11-3-2-10-19(20)23(28)30-22/h2-14H,1H3,(H,25,27). The van der Waals surface area contributed by atoms with Crippen molar-refractivity contribution in [1.29, 1.82) is 0 Å². The van der Waals surface area contributed by atoms with E-state index in [9.17, 15) is 9.59 Å². The van der Waals surface area contributed by atoms with Crippen molar-refractivity contribution in [3.63, 3.8) is 0 Å². The van der Waals surface area contributed by atoms with Crippen LogP contribution in [-0.2, 0) is 4.79 Å². The number of nitrogens with zero attached hydrogens (tertiary/aromatic N) is 1. The third kappa shape index (κ3) is 4.34. The second kappa shape index (κ2) is 8.39. The summed E-state index contributed by atoms with van der Waals surface area (Å²) in [7, 11) is 0. The van der Waals surface area contributed by atoms with Crippen LogP contribution in [0.3, 0.4) is 0 Å². The Morgan fingerprint density at radius 1 is 1.07 bits per heavy atom. The predicted molar refractivity (Wildman–Crippen MR) is 116 cm³/mol. The molecule has 0 bridgehead atoms. The van der Waals surface area contributed by atoms with Crippen LogP contribution >= 0.6 is 11.6 Å². The number of ether oxygens (including phenoxy) is 1. The van der Waals surface area contributed by atoms with E-state index in [-0.39, 0.29) is 11.8 Å². The van der Waals surface area contributed by atoms with Crippen LogP contribution < -0.4 is 15.7 Å². The highest BCUT2D eigenvalue weighted by Gasteiger charge is 2.16. The minimum Gasteiger partial charge on any atom is -0.481 e. The molecule has 0 aliphatic heterocycles. The third-order valence-electron chi connectivity index (χ3n) is 4.39. The number of anilines is 1. The average molecular weight is 421 g/mol. The largest absolute Gasteiger partial charge is 0.481 e. The third-order valence-corrected chi connectivity index (χ3v) is 4.63. The molecule has 6 nitrogen and oxygen atoms in total. The Balaban J connectivity index is 1.53. The number of nitrogens with one attached hydrogen (secondary N) is 1. The predicted octanol–water partition coefficient (Wildman–Crippen LogP) is 4.91. The van der Waals surface area contributed by atoms with Gasteiger partial charge in [-0.2, -0.15) is 0 Å². The van der Waals surface area contributed by atoms with Gasteiger partial charge in [-0.25, -0.2) is 9.78 Å². The van der Waals surface area contributed by atoms with Crippen molar-refractivity contribution in [2.24, 2.45) is 0 Å². The fraction of sp³-hybridized carbons (Fsp3) is 0.0870. The van der Waals surface area contributed by atoms with Crippen LogP contribution in [0.25, 0.3) is 22.4 Å². The molecular weight excluding hydrogens is 404 g/mol. The van der Waals surface area contributed by atoms with E-state index in [1.807, 2.05) is 0 Å². The van der Waals surface area contributed by atoms with Gasteiger partial charge in [-0.05, 0) is 55.5 Å². The van der Waals surface area contributed by atoms with Gasteiger partial charge in [-0.15, -0.1) is 0 Å². The molecular formula is C23H17ClN2O4. The summed E-state index contributed by atoms with van der Waals surface area (Å²) >= 11 is 5.94. The Labute approximate surface area is 177 Å². The van der Waals surface area contributed by atoms with Crippen LogP contribution in [0.15, 0.2) is 82.0 Å². The van der Waals surface area contributed by atoms with E-state index in [0.717, 1.165) is 0 Å². The summed E-state index contributed by atoms with van der Waals surface area (Å²) in [5, 5.41) is 3.73. The maximum Gasteiger partial charge on any atom is 0.347 e. The van der Waals surface area contributed by atoms with Gasteiger partial charge in [0.2, 0.25) is 5.89 Å². The van der Waals surface area contributed by atoms with Gasteiger partial charge in [0.05, 0.1) is 10.9 Å². The van der Waals surface area contributed by atoms with E-state index >= 15 is 0 Å². The minimum absolute atomic E-state index is 0.179. The summed E-state index contributed by atoms with van der Waals surface area (Å²) in [4.78, 5) is 29.1. The molecule has 30 heavy (non-hydrogen) atoms. The molecule has 0 spiro atoms. The number of rotatable bonds is 5. The van der Waals surface area contributed by atoms with Crippen molar-refractivity contribution in [1.82, 2.24) is 4.98 Å². The lowest BCUT2D eigenvalue weighted by molar-refractivity contribution is -0.122. The lowest BCUT2D eigenvalue weighted by Gasteiger charge is -2.15. The van der Waals surface area contributed by atoms with E-state index in [4.69, 9.17) is 20.8 Å². The van der Waals surface area contributed by atoms with Gasteiger partial charge in [0.15, 0.2) is 6.10 Å². The monoisotopic (exact) mass is 420 g/mol. The molecule has 1 amide bonds. The van der Waals surface area contributed by atoms with Crippen molar-refractivity contribution >= 4 is 34.1 Å². The zero-order chi connectivity index (χ0) is 21.1. The molecule has 150 valence electrons. The number of para-hydroxylation sites is 1. The second-order valence-corrected chi connectivity index (χ2v) is 7.05. The first-order valence-electron chi connectivity index (χ1n) is 9.23. The van der Waals surface area contributed by atoms with Crippen molar-refractivity contribution in [2.45, 2.75) is 13.0 Å². The van der Waals surface area contributed by atoms with Crippen LogP contribution in [0.1, 0.15) is 6.92 Å². The molecule has 1 N–H and O–H groups in total. The lowest BCUT2D eigenvalue weighted by atomic mass is 10.2. The number of fused-ring (bicyclic) bond motifs is 1. The molecule has 0 saturated heterocycles. The molecule has 0 saturated carbocycles. The topological polar surface area (TPSA) is 81.4 Å². The molecule has 0 fully saturated rings. The first-order chi connectivity index (χ1) is 14.5.